The molecule has 1 atom stereocenters. The van der Waals surface area contributed by atoms with Crippen molar-refractivity contribution in [2.45, 2.75) is 90.6 Å². The normalized spacial score (nSPS) is 12.1. The smallest absolute Gasteiger partial charge is 0.159 e. The first kappa shape index (κ1) is 23.3. The van der Waals surface area contributed by atoms with Crippen molar-refractivity contribution < 1.29 is 9.13 Å². The summed E-state index contributed by atoms with van der Waals surface area (Å²) in [7, 11) is 0. The molecule has 2 rings (SSSR count). The molecular weight excluding hydrogens is 363 g/mol. The van der Waals surface area contributed by atoms with E-state index in [1.54, 1.807) is 6.92 Å². The number of hydrogen-bond donors (Lipinski definition) is 0. The van der Waals surface area contributed by atoms with Gasteiger partial charge in [0.2, 0.25) is 0 Å². The van der Waals surface area contributed by atoms with Crippen LogP contribution in [0, 0.1) is 0 Å². The molecule has 0 amide bonds. The molecule has 0 saturated heterocycles. The van der Waals surface area contributed by atoms with E-state index in [1.165, 1.54) is 38.5 Å². The third-order valence-electron chi connectivity index (χ3n) is 5.15. The molecule has 3 nitrogen and oxygen atoms in total. The topological polar surface area (TPSA) is 35.0 Å². The van der Waals surface area contributed by atoms with Crippen molar-refractivity contribution in [3.63, 3.8) is 0 Å². The van der Waals surface area contributed by atoms with E-state index in [2.05, 4.69) is 16.9 Å². The maximum atomic E-state index is 12.8. The minimum Gasteiger partial charge on any atom is -0.494 e. The maximum absolute atomic E-state index is 12.8. The molecule has 1 unspecified atom stereocenters. The van der Waals surface area contributed by atoms with Crippen LogP contribution in [0.3, 0.4) is 0 Å². The molecule has 0 fully saturated rings. The van der Waals surface area contributed by atoms with E-state index in [4.69, 9.17) is 4.74 Å². The zero-order valence-electron chi connectivity index (χ0n) is 18.2. The molecule has 29 heavy (non-hydrogen) atoms. The van der Waals surface area contributed by atoms with Crippen molar-refractivity contribution in [1.29, 1.82) is 0 Å². The number of aromatic nitrogens is 2. The van der Waals surface area contributed by atoms with Gasteiger partial charge in [0.05, 0.1) is 12.8 Å². The van der Waals surface area contributed by atoms with Gasteiger partial charge < -0.3 is 4.74 Å². The number of nitrogens with zero attached hydrogens (tertiary/aromatic N) is 2. The first-order valence-electron chi connectivity index (χ1n) is 11.4. The SMILES string of the molecule is CCCCCCCCCOc1ccc(-c2ncc(CCCCC(C)F)cn2)cc1. The molecule has 0 saturated carbocycles. The molecule has 0 aliphatic carbocycles. The number of benzene rings is 1. The average molecular weight is 401 g/mol. The molecular formula is C25H37FN2O. The summed E-state index contributed by atoms with van der Waals surface area (Å²) in [6, 6.07) is 8.01. The van der Waals surface area contributed by atoms with Crippen molar-refractivity contribution in [3.05, 3.63) is 42.2 Å². The maximum Gasteiger partial charge on any atom is 0.159 e. The fraction of sp³-hybridized carbons (Fsp3) is 0.600. The number of aryl methyl sites for hydroxylation is 1. The van der Waals surface area contributed by atoms with E-state index in [-0.39, 0.29) is 0 Å². The Morgan fingerprint density at radius 3 is 2.17 bits per heavy atom. The van der Waals surface area contributed by atoms with E-state index < -0.39 is 6.17 Å². The van der Waals surface area contributed by atoms with Gasteiger partial charge in [-0.2, -0.15) is 0 Å². The van der Waals surface area contributed by atoms with Gasteiger partial charge in [-0.15, -0.1) is 0 Å². The van der Waals surface area contributed by atoms with Crippen LogP contribution in [0.4, 0.5) is 4.39 Å². The number of ether oxygens (including phenoxy) is 1. The number of hydrogen-bond acceptors (Lipinski definition) is 3. The van der Waals surface area contributed by atoms with Crippen LogP contribution in [-0.2, 0) is 6.42 Å². The Labute approximate surface area is 176 Å². The monoisotopic (exact) mass is 400 g/mol. The molecule has 4 heteroatoms. The summed E-state index contributed by atoms with van der Waals surface area (Å²) in [6.07, 6.45) is 15.5. The molecule has 0 bridgehead atoms. The van der Waals surface area contributed by atoms with Crippen molar-refractivity contribution in [2.75, 3.05) is 6.61 Å². The van der Waals surface area contributed by atoms with Gasteiger partial charge in [-0.25, -0.2) is 14.4 Å². The number of unbranched alkanes of at least 4 members (excludes halogenated alkanes) is 7. The Balaban J connectivity index is 1.68. The summed E-state index contributed by atoms with van der Waals surface area (Å²) in [6.45, 7) is 4.64. The lowest BCUT2D eigenvalue weighted by Gasteiger charge is -2.07. The van der Waals surface area contributed by atoms with E-state index in [0.29, 0.717) is 6.42 Å². The van der Waals surface area contributed by atoms with Crippen LogP contribution in [0.25, 0.3) is 11.4 Å². The van der Waals surface area contributed by atoms with Crippen molar-refractivity contribution in [3.8, 4) is 17.1 Å². The van der Waals surface area contributed by atoms with Crippen molar-refractivity contribution in [2.24, 2.45) is 0 Å². The summed E-state index contributed by atoms with van der Waals surface area (Å²) in [5.41, 5.74) is 2.10. The molecule has 1 heterocycles. The molecule has 1 aromatic heterocycles. The summed E-state index contributed by atoms with van der Waals surface area (Å²) in [4.78, 5) is 8.97. The highest BCUT2D eigenvalue weighted by atomic mass is 19.1. The van der Waals surface area contributed by atoms with Crippen molar-refractivity contribution in [1.82, 2.24) is 9.97 Å². The Morgan fingerprint density at radius 2 is 1.52 bits per heavy atom. The van der Waals surface area contributed by atoms with E-state index >= 15 is 0 Å². The highest BCUT2D eigenvalue weighted by molar-refractivity contribution is 5.55. The van der Waals surface area contributed by atoms with Gasteiger partial charge >= 0.3 is 0 Å². The van der Waals surface area contributed by atoms with E-state index in [1.807, 2.05) is 36.7 Å². The number of alkyl halides is 1. The van der Waals surface area contributed by atoms with E-state index in [0.717, 1.165) is 55.0 Å². The second-order valence-electron chi connectivity index (χ2n) is 7.94. The Hall–Kier alpha value is -1.97. The number of rotatable bonds is 15. The molecule has 0 aliphatic rings. The third-order valence-corrected chi connectivity index (χ3v) is 5.15. The highest BCUT2D eigenvalue weighted by Gasteiger charge is 2.04. The summed E-state index contributed by atoms with van der Waals surface area (Å²) in [5.74, 6) is 1.63. The van der Waals surface area contributed by atoms with Gasteiger partial charge in [0.15, 0.2) is 5.82 Å². The Bertz CT molecular complexity index is 656. The van der Waals surface area contributed by atoms with Gasteiger partial charge in [-0.05, 0) is 62.4 Å². The molecule has 160 valence electrons. The summed E-state index contributed by atoms with van der Waals surface area (Å²) >= 11 is 0. The first-order valence-corrected chi connectivity index (χ1v) is 11.4. The molecule has 0 aliphatic heterocycles. The van der Waals surface area contributed by atoms with Crippen molar-refractivity contribution >= 4 is 0 Å². The highest BCUT2D eigenvalue weighted by Crippen LogP contribution is 2.20. The minimum absolute atomic E-state index is 0.631. The first-order chi connectivity index (χ1) is 14.2. The second kappa shape index (κ2) is 14.1. The summed E-state index contributed by atoms with van der Waals surface area (Å²) < 4.78 is 18.7. The van der Waals surface area contributed by atoms with Crippen LogP contribution in [-0.4, -0.2) is 22.7 Å². The zero-order valence-corrected chi connectivity index (χ0v) is 18.2. The molecule has 2 aromatic rings. The summed E-state index contributed by atoms with van der Waals surface area (Å²) in [5, 5.41) is 0. The van der Waals surface area contributed by atoms with Crippen LogP contribution in [0.2, 0.25) is 0 Å². The molecule has 0 radical (unpaired) electrons. The standard InChI is InChI=1S/C25H37FN2O/c1-3-4-5-6-7-8-11-18-29-24-16-14-23(15-17-24)25-27-19-22(20-28-25)13-10-9-12-21(2)26/h14-17,19-21H,3-13,18H2,1-2H3. The quantitative estimate of drug-likeness (QED) is 0.293. The number of halogens is 1. The van der Waals surface area contributed by atoms with Gasteiger partial charge in [-0.3, -0.25) is 0 Å². The molecule has 0 spiro atoms. The lowest BCUT2D eigenvalue weighted by molar-refractivity contribution is 0.304. The zero-order chi connectivity index (χ0) is 20.7. The predicted molar refractivity (Wildman–Crippen MR) is 119 cm³/mol. The minimum atomic E-state index is -0.712. The molecule has 0 N–H and O–H groups in total. The van der Waals surface area contributed by atoms with Crippen LogP contribution < -0.4 is 4.74 Å². The van der Waals surface area contributed by atoms with E-state index in [9.17, 15) is 4.39 Å². The van der Waals surface area contributed by atoms with Gasteiger partial charge in [0.1, 0.15) is 5.75 Å². The second-order valence-corrected chi connectivity index (χ2v) is 7.94. The van der Waals surface area contributed by atoms with Gasteiger partial charge in [-0.1, -0.05) is 51.9 Å². The van der Waals surface area contributed by atoms with Gasteiger partial charge in [0, 0.05) is 18.0 Å². The van der Waals surface area contributed by atoms with Crippen LogP contribution in [0.1, 0.15) is 83.6 Å². The fourth-order valence-electron chi connectivity index (χ4n) is 3.34. The van der Waals surface area contributed by atoms with Crippen LogP contribution in [0.5, 0.6) is 5.75 Å². The largest absolute Gasteiger partial charge is 0.494 e. The Kier molecular flexibility index (Phi) is 11.3. The lowest BCUT2D eigenvalue weighted by atomic mass is 10.1. The van der Waals surface area contributed by atoms with Crippen LogP contribution >= 0.6 is 0 Å². The predicted octanol–water partition coefficient (Wildman–Crippen LogP) is 7.34. The lowest BCUT2D eigenvalue weighted by Crippen LogP contribution is -1.98. The fourth-order valence-corrected chi connectivity index (χ4v) is 3.34. The molecule has 1 aromatic carbocycles. The Morgan fingerprint density at radius 1 is 0.862 bits per heavy atom. The van der Waals surface area contributed by atoms with Gasteiger partial charge in [0.25, 0.3) is 0 Å². The third kappa shape index (κ3) is 9.87. The van der Waals surface area contributed by atoms with Crippen LogP contribution in [0.15, 0.2) is 36.7 Å². The average Bonchev–Trinajstić information content (AvgIpc) is 2.74.